The first-order valence-electron chi connectivity index (χ1n) is 8.39. The van der Waals surface area contributed by atoms with E-state index in [0.717, 1.165) is 16.8 Å². The zero-order chi connectivity index (χ0) is 20.0. The number of ether oxygens (including phenoxy) is 1. The second-order valence-electron chi connectivity index (χ2n) is 5.73. The summed E-state index contributed by atoms with van der Waals surface area (Å²) in [5.74, 6) is -0.741. The van der Waals surface area contributed by atoms with Crippen molar-refractivity contribution in [3.8, 4) is 5.69 Å². The van der Waals surface area contributed by atoms with Crippen LogP contribution < -0.4 is 10.7 Å². The molecule has 146 valence electrons. The molecule has 0 unspecified atom stereocenters. The lowest BCUT2D eigenvalue weighted by molar-refractivity contribution is -0.137. The first kappa shape index (κ1) is 20.6. The molecule has 27 heavy (non-hydrogen) atoms. The van der Waals surface area contributed by atoms with Gasteiger partial charge in [-0.3, -0.25) is 9.59 Å². The van der Waals surface area contributed by atoms with Crippen molar-refractivity contribution in [1.29, 1.82) is 0 Å². The summed E-state index contributed by atoms with van der Waals surface area (Å²) in [4.78, 5) is 24.3. The number of nitrogens with one attached hydrogen (secondary N) is 1. The van der Waals surface area contributed by atoms with E-state index in [2.05, 4.69) is 10.4 Å². The van der Waals surface area contributed by atoms with Crippen LogP contribution >= 0.6 is 0 Å². The van der Waals surface area contributed by atoms with Crippen molar-refractivity contribution in [1.82, 2.24) is 15.1 Å². The molecule has 1 aromatic heterocycles. The van der Waals surface area contributed by atoms with E-state index >= 15 is 0 Å². The maximum Gasteiger partial charge on any atom is 0.418 e. The number of aromatic nitrogens is 2. The Bertz CT molecular complexity index is 863. The van der Waals surface area contributed by atoms with Crippen molar-refractivity contribution in [2.24, 2.45) is 0 Å². The van der Waals surface area contributed by atoms with Gasteiger partial charge >= 0.3 is 6.18 Å². The van der Waals surface area contributed by atoms with Crippen LogP contribution in [-0.2, 0) is 10.9 Å². The summed E-state index contributed by atoms with van der Waals surface area (Å²) in [6.45, 7) is 4.55. The van der Waals surface area contributed by atoms with Gasteiger partial charge in [0.2, 0.25) is 5.43 Å². The number of carbonyl (C=O) groups excluding carboxylic acids is 1. The van der Waals surface area contributed by atoms with Crippen LogP contribution in [0.5, 0.6) is 0 Å². The number of nitrogens with zero attached hydrogens (tertiary/aromatic N) is 2. The quantitative estimate of drug-likeness (QED) is 0.747. The number of carbonyl (C=O) groups is 1. The van der Waals surface area contributed by atoms with Crippen LogP contribution in [0.1, 0.15) is 35.1 Å². The van der Waals surface area contributed by atoms with E-state index in [4.69, 9.17) is 4.74 Å². The topological polar surface area (TPSA) is 73.2 Å². The third kappa shape index (κ3) is 5.16. The molecule has 0 saturated carbocycles. The minimum absolute atomic E-state index is 0.185. The lowest BCUT2D eigenvalue weighted by atomic mass is 10.1. The van der Waals surface area contributed by atoms with E-state index < -0.39 is 28.8 Å². The van der Waals surface area contributed by atoms with Gasteiger partial charge in [-0.15, -0.1) is 0 Å². The lowest BCUT2D eigenvalue weighted by Crippen LogP contribution is -2.33. The van der Waals surface area contributed by atoms with Gasteiger partial charge in [0.25, 0.3) is 5.91 Å². The molecule has 2 rings (SSSR count). The molecule has 2 aromatic rings. The summed E-state index contributed by atoms with van der Waals surface area (Å²) < 4.78 is 45.9. The summed E-state index contributed by atoms with van der Waals surface area (Å²) in [6.07, 6.45) is -4.06. The minimum atomic E-state index is -4.60. The number of aryl methyl sites for hydroxylation is 1. The molecule has 0 atom stereocenters. The molecular weight excluding hydrogens is 363 g/mol. The van der Waals surface area contributed by atoms with Crippen molar-refractivity contribution in [3.63, 3.8) is 0 Å². The molecule has 6 nitrogen and oxygen atoms in total. The van der Waals surface area contributed by atoms with Crippen LogP contribution in [0.15, 0.2) is 35.1 Å². The van der Waals surface area contributed by atoms with E-state index in [0.29, 0.717) is 19.6 Å². The smallest absolute Gasteiger partial charge is 0.382 e. The molecule has 0 saturated heterocycles. The maximum absolute atomic E-state index is 13.3. The molecule has 1 aromatic carbocycles. The Balaban J connectivity index is 2.35. The summed E-state index contributed by atoms with van der Waals surface area (Å²) in [5.41, 5.74) is -2.10. The van der Waals surface area contributed by atoms with E-state index in [1.807, 2.05) is 6.92 Å². The van der Waals surface area contributed by atoms with Crippen molar-refractivity contribution < 1.29 is 22.7 Å². The monoisotopic (exact) mass is 383 g/mol. The number of hydrogen-bond acceptors (Lipinski definition) is 4. The Morgan fingerprint density at radius 2 is 2.00 bits per heavy atom. The highest BCUT2D eigenvalue weighted by Crippen LogP contribution is 2.33. The van der Waals surface area contributed by atoms with Gasteiger partial charge in [0.15, 0.2) is 5.69 Å². The standard InChI is InChI=1S/C18H20F3N3O3/c1-3-27-10-6-9-22-17(26)16-15(25)11-12(2)24(23-16)14-8-5-4-7-13(14)18(19,20)21/h4-5,7-8,11H,3,6,9-10H2,1-2H3,(H,22,26). The third-order valence-electron chi connectivity index (χ3n) is 3.72. The Kier molecular flexibility index (Phi) is 6.73. The maximum atomic E-state index is 13.3. The van der Waals surface area contributed by atoms with Crippen LogP contribution in [0.4, 0.5) is 13.2 Å². The minimum Gasteiger partial charge on any atom is -0.382 e. The highest BCUT2D eigenvalue weighted by atomic mass is 19.4. The Hall–Kier alpha value is -2.68. The fraction of sp³-hybridized carbons (Fsp3) is 0.389. The SMILES string of the molecule is CCOCCCNC(=O)c1nn(-c2ccccc2C(F)(F)F)c(C)cc1=O. The number of hydrogen-bond donors (Lipinski definition) is 1. The fourth-order valence-electron chi connectivity index (χ4n) is 2.45. The largest absolute Gasteiger partial charge is 0.418 e. The van der Waals surface area contributed by atoms with Gasteiger partial charge in [-0.25, -0.2) is 4.68 Å². The van der Waals surface area contributed by atoms with E-state index in [-0.39, 0.29) is 17.9 Å². The van der Waals surface area contributed by atoms with Crippen LogP contribution in [-0.4, -0.2) is 35.4 Å². The molecule has 1 N–H and O–H groups in total. The van der Waals surface area contributed by atoms with Gasteiger partial charge in [-0.05, 0) is 32.4 Å². The molecular formula is C18H20F3N3O3. The molecule has 0 aliphatic heterocycles. The lowest BCUT2D eigenvalue weighted by Gasteiger charge is -2.16. The summed E-state index contributed by atoms with van der Waals surface area (Å²) >= 11 is 0. The van der Waals surface area contributed by atoms with Crippen molar-refractivity contribution in [2.75, 3.05) is 19.8 Å². The predicted molar refractivity (Wildman–Crippen MR) is 93.0 cm³/mol. The Morgan fingerprint density at radius 3 is 2.67 bits per heavy atom. The van der Waals surface area contributed by atoms with Crippen molar-refractivity contribution >= 4 is 5.91 Å². The summed E-state index contributed by atoms with van der Waals surface area (Å²) in [6, 6.07) is 5.93. The fourth-order valence-corrected chi connectivity index (χ4v) is 2.45. The summed E-state index contributed by atoms with van der Waals surface area (Å²) in [5, 5.41) is 6.42. The normalized spacial score (nSPS) is 11.4. The highest BCUT2D eigenvalue weighted by molar-refractivity contribution is 5.92. The molecule has 9 heteroatoms. The van der Waals surface area contributed by atoms with Crippen LogP contribution in [0.3, 0.4) is 0 Å². The van der Waals surface area contributed by atoms with E-state index in [1.54, 1.807) is 0 Å². The number of benzene rings is 1. The second kappa shape index (κ2) is 8.81. The van der Waals surface area contributed by atoms with Gasteiger partial charge in [0.1, 0.15) is 0 Å². The zero-order valence-corrected chi connectivity index (χ0v) is 15.0. The number of alkyl halides is 3. The first-order valence-corrected chi connectivity index (χ1v) is 8.39. The number of amides is 1. The third-order valence-corrected chi connectivity index (χ3v) is 3.72. The zero-order valence-electron chi connectivity index (χ0n) is 15.0. The average Bonchev–Trinajstić information content (AvgIpc) is 2.61. The van der Waals surface area contributed by atoms with Crippen LogP contribution in [0, 0.1) is 6.92 Å². The predicted octanol–water partition coefficient (Wildman–Crippen LogP) is 2.72. The van der Waals surface area contributed by atoms with Crippen molar-refractivity contribution in [3.05, 3.63) is 57.5 Å². The van der Waals surface area contributed by atoms with Gasteiger partial charge in [0.05, 0.1) is 11.3 Å². The highest BCUT2D eigenvalue weighted by Gasteiger charge is 2.34. The van der Waals surface area contributed by atoms with E-state index in [9.17, 15) is 22.8 Å². The first-order chi connectivity index (χ1) is 12.8. The number of para-hydroxylation sites is 1. The molecule has 1 amide bonds. The van der Waals surface area contributed by atoms with Gasteiger partial charge in [0, 0.05) is 31.5 Å². The average molecular weight is 383 g/mol. The summed E-state index contributed by atoms with van der Waals surface area (Å²) in [7, 11) is 0. The molecule has 0 radical (unpaired) electrons. The van der Waals surface area contributed by atoms with Gasteiger partial charge < -0.3 is 10.1 Å². The molecule has 0 spiro atoms. The molecule has 0 fully saturated rings. The second-order valence-corrected chi connectivity index (χ2v) is 5.73. The van der Waals surface area contributed by atoms with Crippen LogP contribution in [0.25, 0.3) is 5.69 Å². The molecule has 0 aliphatic carbocycles. The van der Waals surface area contributed by atoms with E-state index in [1.165, 1.54) is 25.1 Å². The van der Waals surface area contributed by atoms with Gasteiger partial charge in [-0.1, -0.05) is 12.1 Å². The number of rotatable bonds is 7. The number of halogens is 3. The van der Waals surface area contributed by atoms with Gasteiger partial charge in [-0.2, -0.15) is 18.3 Å². The Morgan fingerprint density at radius 1 is 1.30 bits per heavy atom. The molecule has 1 heterocycles. The van der Waals surface area contributed by atoms with Crippen LogP contribution in [0.2, 0.25) is 0 Å². The Labute approximate surface area is 154 Å². The van der Waals surface area contributed by atoms with Crippen molar-refractivity contribution in [2.45, 2.75) is 26.4 Å². The molecule has 0 bridgehead atoms. The molecule has 0 aliphatic rings.